The quantitative estimate of drug-likeness (QED) is 0.277. The van der Waals surface area contributed by atoms with Gasteiger partial charge >= 0.3 is 12.1 Å². The Labute approximate surface area is 199 Å². The molecular formula is C23H18F4N2O3S2. The summed E-state index contributed by atoms with van der Waals surface area (Å²) in [6.07, 6.45) is -4.39. The standard InChI is InChI=1S/C23H18F4N2O3S2/c1-11-7-16-18(33-20(29-16)5-6-21(30)31)9-17(11)32-10-19-12(2)28-22(34-19)13-3-4-14(15(24)8-13)23(25,26)27/h3-4,7-9H,5-6,10H2,1-2H3,(H,30,31). The van der Waals surface area contributed by atoms with Crippen LogP contribution in [0, 0.1) is 19.7 Å². The molecule has 4 rings (SSSR count). The Bertz CT molecular complexity index is 1380. The average molecular weight is 511 g/mol. The van der Waals surface area contributed by atoms with Crippen molar-refractivity contribution in [2.45, 2.75) is 39.5 Å². The molecule has 2 aromatic carbocycles. The van der Waals surface area contributed by atoms with Crippen LogP contribution in [0.15, 0.2) is 30.3 Å². The lowest BCUT2D eigenvalue weighted by molar-refractivity contribution is -0.140. The fourth-order valence-electron chi connectivity index (χ4n) is 3.29. The predicted molar refractivity (Wildman–Crippen MR) is 122 cm³/mol. The van der Waals surface area contributed by atoms with Crippen molar-refractivity contribution in [3.8, 4) is 16.3 Å². The number of hydrogen-bond donors (Lipinski definition) is 1. The summed E-state index contributed by atoms with van der Waals surface area (Å²) in [6, 6.07) is 6.50. The van der Waals surface area contributed by atoms with Gasteiger partial charge in [0.05, 0.1) is 37.8 Å². The first-order valence-corrected chi connectivity index (χ1v) is 11.7. The van der Waals surface area contributed by atoms with Crippen LogP contribution in [-0.2, 0) is 24.0 Å². The zero-order valence-corrected chi connectivity index (χ0v) is 19.6. The summed E-state index contributed by atoms with van der Waals surface area (Å²) in [7, 11) is 0. The summed E-state index contributed by atoms with van der Waals surface area (Å²) in [5.41, 5.74) is 1.23. The molecule has 1 N–H and O–H groups in total. The topological polar surface area (TPSA) is 72.3 Å². The molecule has 5 nitrogen and oxygen atoms in total. The third-order valence-electron chi connectivity index (χ3n) is 5.06. The maximum absolute atomic E-state index is 14.0. The number of alkyl halides is 3. The average Bonchev–Trinajstić information content (AvgIpc) is 3.32. The van der Waals surface area contributed by atoms with Gasteiger partial charge in [0.15, 0.2) is 0 Å². The molecule has 178 valence electrons. The summed E-state index contributed by atoms with van der Waals surface area (Å²) in [4.78, 5) is 20.4. The van der Waals surface area contributed by atoms with Gasteiger partial charge in [-0.15, -0.1) is 22.7 Å². The van der Waals surface area contributed by atoms with Crippen LogP contribution in [0.5, 0.6) is 5.75 Å². The van der Waals surface area contributed by atoms with Crippen molar-refractivity contribution in [3.05, 3.63) is 62.9 Å². The van der Waals surface area contributed by atoms with E-state index in [4.69, 9.17) is 9.84 Å². The number of carboxylic acids is 1. The molecule has 0 amide bonds. The number of aliphatic carboxylic acids is 1. The summed E-state index contributed by atoms with van der Waals surface area (Å²) in [6.45, 7) is 3.82. The maximum Gasteiger partial charge on any atom is 0.419 e. The summed E-state index contributed by atoms with van der Waals surface area (Å²) in [5, 5.41) is 10.0. The number of benzene rings is 2. The monoisotopic (exact) mass is 510 g/mol. The van der Waals surface area contributed by atoms with Crippen molar-refractivity contribution in [2.75, 3.05) is 0 Å². The summed E-state index contributed by atoms with van der Waals surface area (Å²) in [5.74, 6) is -1.58. The van der Waals surface area contributed by atoms with Gasteiger partial charge in [-0.05, 0) is 43.7 Å². The first kappa shape index (κ1) is 24.1. The molecule has 0 aliphatic heterocycles. The van der Waals surface area contributed by atoms with Gasteiger partial charge in [-0.3, -0.25) is 4.79 Å². The van der Waals surface area contributed by atoms with Crippen LogP contribution in [0.1, 0.15) is 33.1 Å². The molecule has 34 heavy (non-hydrogen) atoms. The van der Waals surface area contributed by atoms with Gasteiger partial charge in [0.1, 0.15) is 23.2 Å². The number of aromatic nitrogens is 2. The highest BCUT2D eigenvalue weighted by atomic mass is 32.1. The van der Waals surface area contributed by atoms with Gasteiger partial charge in [-0.1, -0.05) is 6.07 Å². The normalized spacial score (nSPS) is 11.8. The Hall–Kier alpha value is -3.05. The van der Waals surface area contributed by atoms with E-state index in [9.17, 15) is 22.4 Å². The molecule has 0 aliphatic carbocycles. The van der Waals surface area contributed by atoms with Crippen molar-refractivity contribution in [2.24, 2.45) is 0 Å². The Morgan fingerprint density at radius 2 is 1.88 bits per heavy atom. The fourth-order valence-corrected chi connectivity index (χ4v) is 5.24. The van der Waals surface area contributed by atoms with E-state index >= 15 is 0 Å². The number of carbonyl (C=O) groups is 1. The molecule has 0 atom stereocenters. The number of thiazole rings is 2. The third kappa shape index (κ3) is 5.20. The van der Waals surface area contributed by atoms with E-state index in [0.29, 0.717) is 22.9 Å². The molecule has 0 spiro atoms. The van der Waals surface area contributed by atoms with Crippen molar-refractivity contribution >= 4 is 38.9 Å². The van der Waals surface area contributed by atoms with Crippen LogP contribution in [0.25, 0.3) is 20.8 Å². The number of rotatable bonds is 7. The number of aryl methyl sites for hydroxylation is 3. The molecule has 0 bridgehead atoms. The number of nitrogens with zero attached hydrogens (tertiary/aromatic N) is 2. The van der Waals surface area contributed by atoms with Gasteiger partial charge in [0.2, 0.25) is 0 Å². The second-order valence-electron chi connectivity index (χ2n) is 7.60. The molecule has 4 aromatic rings. The Balaban J connectivity index is 1.51. The molecule has 2 aromatic heterocycles. The highest BCUT2D eigenvalue weighted by Crippen LogP contribution is 2.36. The lowest BCUT2D eigenvalue weighted by atomic mass is 10.1. The van der Waals surface area contributed by atoms with Crippen LogP contribution >= 0.6 is 22.7 Å². The molecule has 0 unspecified atom stereocenters. The zero-order chi connectivity index (χ0) is 24.6. The Morgan fingerprint density at radius 3 is 2.56 bits per heavy atom. The number of halogens is 4. The molecule has 0 saturated carbocycles. The maximum atomic E-state index is 14.0. The van der Waals surface area contributed by atoms with E-state index in [1.807, 2.05) is 19.1 Å². The fraction of sp³-hybridized carbons (Fsp3) is 0.261. The van der Waals surface area contributed by atoms with Crippen LogP contribution in [0.4, 0.5) is 17.6 Å². The van der Waals surface area contributed by atoms with Crippen LogP contribution < -0.4 is 4.74 Å². The zero-order valence-electron chi connectivity index (χ0n) is 18.0. The van der Waals surface area contributed by atoms with E-state index in [1.54, 1.807) is 6.92 Å². The van der Waals surface area contributed by atoms with E-state index in [2.05, 4.69) is 9.97 Å². The predicted octanol–water partition coefficient (Wildman–Crippen LogP) is 6.79. The van der Waals surface area contributed by atoms with E-state index in [0.717, 1.165) is 37.8 Å². The SMILES string of the molecule is Cc1cc2nc(CCC(=O)O)sc2cc1OCc1sc(-c2ccc(C(F)(F)F)c(F)c2)nc1C. The van der Waals surface area contributed by atoms with Gasteiger partial charge in [0, 0.05) is 12.0 Å². The number of ether oxygens (including phenoxy) is 1. The minimum Gasteiger partial charge on any atom is -0.488 e. The molecule has 0 aliphatic rings. The molecule has 2 heterocycles. The molecule has 0 saturated heterocycles. The number of fused-ring (bicyclic) bond motifs is 1. The summed E-state index contributed by atoms with van der Waals surface area (Å²) >= 11 is 2.64. The lowest BCUT2D eigenvalue weighted by Gasteiger charge is -2.08. The van der Waals surface area contributed by atoms with Crippen molar-refractivity contribution in [1.82, 2.24) is 9.97 Å². The van der Waals surface area contributed by atoms with Crippen molar-refractivity contribution in [1.29, 1.82) is 0 Å². The molecular weight excluding hydrogens is 492 g/mol. The van der Waals surface area contributed by atoms with Crippen LogP contribution in [0.2, 0.25) is 0 Å². The second kappa shape index (κ2) is 9.30. The van der Waals surface area contributed by atoms with Crippen LogP contribution in [-0.4, -0.2) is 21.0 Å². The Kier molecular flexibility index (Phi) is 6.59. The molecule has 11 heteroatoms. The van der Waals surface area contributed by atoms with E-state index in [1.165, 1.54) is 28.7 Å². The highest BCUT2D eigenvalue weighted by molar-refractivity contribution is 7.18. The van der Waals surface area contributed by atoms with Crippen molar-refractivity contribution in [3.63, 3.8) is 0 Å². The summed E-state index contributed by atoms with van der Waals surface area (Å²) < 4.78 is 59.3. The van der Waals surface area contributed by atoms with E-state index < -0.39 is 23.5 Å². The first-order valence-electron chi connectivity index (χ1n) is 10.1. The van der Waals surface area contributed by atoms with Crippen LogP contribution in [0.3, 0.4) is 0 Å². The van der Waals surface area contributed by atoms with Gasteiger partial charge in [-0.2, -0.15) is 13.2 Å². The first-order chi connectivity index (χ1) is 16.0. The van der Waals surface area contributed by atoms with E-state index in [-0.39, 0.29) is 18.6 Å². The minimum absolute atomic E-state index is 0.0119. The third-order valence-corrected chi connectivity index (χ3v) is 7.31. The largest absolute Gasteiger partial charge is 0.488 e. The number of hydrogen-bond acceptors (Lipinski definition) is 6. The minimum atomic E-state index is -4.76. The molecule has 0 radical (unpaired) electrons. The van der Waals surface area contributed by atoms with Gasteiger partial charge < -0.3 is 9.84 Å². The highest BCUT2D eigenvalue weighted by Gasteiger charge is 2.34. The Morgan fingerprint density at radius 1 is 1.12 bits per heavy atom. The van der Waals surface area contributed by atoms with Crippen molar-refractivity contribution < 1.29 is 32.2 Å². The van der Waals surface area contributed by atoms with Gasteiger partial charge in [0.25, 0.3) is 0 Å². The van der Waals surface area contributed by atoms with Gasteiger partial charge in [-0.25, -0.2) is 14.4 Å². The molecule has 0 fully saturated rings. The number of carboxylic acid groups (broad SMARTS) is 1. The second-order valence-corrected chi connectivity index (χ2v) is 9.79. The lowest BCUT2D eigenvalue weighted by Crippen LogP contribution is -2.07. The smallest absolute Gasteiger partial charge is 0.419 e.